The first-order chi connectivity index (χ1) is 10.4. The number of carbonyl (C=O) groups excluding carboxylic acids is 1. The SMILES string of the molecule is COc1ccc(C)cc1CC(=O)N1CCC[C@H](C(=O)O)[C@@H]1C. The third-order valence-electron chi connectivity index (χ3n) is 4.40. The van der Waals surface area contributed by atoms with Gasteiger partial charge in [0.15, 0.2) is 0 Å². The zero-order valence-electron chi connectivity index (χ0n) is 13.3. The number of aliphatic carboxylic acids is 1. The van der Waals surface area contributed by atoms with E-state index >= 15 is 0 Å². The van der Waals surface area contributed by atoms with Crippen molar-refractivity contribution in [3.05, 3.63) is 29.3 Å². The van der Waals surface area contributed by atoms with Crippen molar-refractivity contribution in [1.82, 2.24) is 4.90 Å². The summed E-state index contributed by atoms with van der Waals surface area (Å²) < 4.78 is 5.31. The van der Waals surface area contributed by atoms with Crippen LogP contribution in [0.4, 0.5) is 0 Å². The highest BCUT2D eigenvalue weighted by Crippen LogP contribution is 2.26. The van der Waals surface area contributed by atoms with E-state index in [1.807, 2.05) is 32.0 Å². The van der Waals surface area contributed by atoms with Crippen LogP contribution in [0, 0.1) is 12.8 Å². The van der Waals surface area contributed by atoms with Gasteiger partial charge in [-0.15, -0.1) is 0 Å². The Morgan fingerprint density at radius 1 is 1.41 bits per heavy atom. The van der Waals surface area contributed by atoms with Crippen LogP contribution in [0.2, 0.25) is 0 Å². The normalized spacial score (nSPS) is 21.5. The maximum Gasteiger partial charge on any atom is 0.308 e. The summed E-state index contributed by atoms with van der Waals surface area (Å²) in [5.74, 6) is -0.643. The van der Waals surface area contributed by atoms with Gasteiger partial charge in [0.25, 0.3) is 0 Å². The monoisotopic (exact) mass is 305 g/mol. The number of carboxylic acids is 1. The van der Waals surface area contributed by atoms with Crippen molar-refractivity contribution < 1.29 is 19.4 Å². The smallest absolute Gasteiger partial charge is 0.308 e. The average Bonchev–Trinajstić information content (AvgIpc) is 2.47. The number of methoxy groups -OCH3 is 1. The van der Waals surface area contributed by atoms with Crippen LogP contribution in [0.15, 0.2) is 18.2 Å². The molecule has 0 spiro atoms. The van der Waals surface area contributed by atoms with Crippen LogP contribution in [-0.2, 0) is 16.0 Å². The lowest BCUT2D eigenvalue weighted by Crippen LogP contribution is -2.49. The Kier molecular flexibility index (Phi) is 5.06. The number of ether oxygens (including phenoxy) is 1. The van der Waals surface area contributed by atoms with Gasteiger partial charge in [-0.05, 0) is 32.8 Å². The molecule has 2 rings (SSSR count). The summed E-state index contributed by atoms with van der Waals surface area (Å²) in [5, 5.41) is 9.26. The van der Waals surface area contributed by atoms with Crippen LogP contribution >= 0.6 is 0 Å². The van der Waals surface area contributed by atoms with Crippen LogP contribution in [0.3, 0.4) is 0 Å². The minimum atomic E-state index is -0.821. The van der Waals surface area contributed by atoms with Gasteiger partial charge < -0.3 is 14.7 Å². The summed E-state index contributed by atoms with van der Waals surface area (Å²) in [5.41, 5.74) is 1.91. The number of amides is 1. The number of rotatable bonds is 4. The predicted molar refractivity (Wildman–Crippen MR) is 83.0 cm³/mol. The fourth-order valence-corrected chi connectivity index (χ4v) is 3.14. The second-order valence-electron chi connectivity index (χ2n) is 5.91. The Morgan fingerprint density at radius 2 is 2.14 bits per heavy atom. The lowest BCUT2D eigenvalue weighted by Gasteiger charge is -2.37. The first-order valence-corrected chi connectivity index (χ1v) is 7.60. The van der Waals surface area contributed by atoms with Crippen molar-refractivity contribution >= 4 is 11.9 Å². The van der Waals surface area contributed by atoms with Gasteiger partial charge in [-0.2, -0.15) is 0 Å². The summed E-state index contributed by atoms with van der Waals surface area (Å²) in [7, 11) is 1.59. The molecule has 0 bridgehead atoms. The van der Waals surface area contributed by atoms with Crippen molar-refractivity contribution in [1.29, 1.82) is 0 Å². The molecule has 0 unspecified atom stereocenters. The largest absolute Gasteiger partial charge is 0.496 e. The van der Waals surface area contributed by atoms with Crippen molar-refractivity contribution in [2.75, 3.05) is 13.7 Å². The van der Waals surface area contributed by atoms with Crippen molar-refractivity contribution in [3.63, 3.8) is 0 Å². The number of aryl methyl sites for hydroxylation is 1. The lowest BCUT2D eigenvalue weighted by molar-refractivity contribution is -0.148. The number of likely N-dealkylation sites (tertiary alicyclic amines) is 1. The second-order valence-corrected chi connectivity index (χ2v) is 5.91. The zero-order chi connectivity index (χ0) is 16.3. The Hall–Kier alpha value is -2.04. The molecule has 1 N–H and O–H groups in total. The lowest BCUT2D eigenvalue weighted by atomic mass is 9.90. The third-order valence-corrected chi connectivity index (χ3v) is 4.40. The number of benzene rings is 1. The molecule has 1 aromatic rings. The number of carboxylic acid groups (broad SMARTS) is 1. The fraction of sp³-hybridized carbons (Fsp3) is 0.529. The van der Waals surface area contributed by atoms with Crippen LogP contribution < -0.4 is 4.74 Å². The number of piperidine rings is 1. The summed E-state index contributed by atoms with van der Waals surface area (Å²) >= 11 is 0. The molecular formula is C17H23NO4. The topological polar surface area (TPSA) is 66.8 Å². The summed E-state index contributed by atoms with van der Waals surface area (Å²) in [4.78, 5) is 25.6. The molecule has 1 aliphatic heterocycles. The molecule has 1 amide bonds. The van der Waals surface area contributed by atoms with Gasteiger partial charge in [0, 0.05) is 18.2 Å². The first-order valence-electron chi connectivity index (χ1n) is 7.60. The Labute approximate surface area is 130 Å². The predicted octanol–water partition coefficient (Wildman–Crippen LogP) is 2.26. The van der Waals surface area contributed by atoms with Crippen molar-refractivity contribution in [2.45, 2.75) is 39.2 Å². The van der Waals surface area contributed by atoms with Crippen LogP contribution in [0.1, 0.15) is 30.9 Å². The summed E-state index contributed by atoms with van der Waals surface area (Å²) in [6, 6.07) is 5.48. The van der Waals surface area contributed by atoms with E-state index in [0.29, 0.717) is 18.7 Å². The maximum atomic E-state index is 12.6. The van der Waals surface area contributed by atoms with Gasteiger partial charge in [0.05, 0.1) is 19.4 Å². The highest BCUT2D eigenvalue weighted by atomic mass is 16.5. The van der Waals surface area contributed by atoms with E-state index < -0.39 is 11.9 Å². The van der Waals surface area contributed by atoms with Gasteiger partial charge in [0.2, 0.25) is 5.91 Å². The molecule has 5 heteroatoms. The molecule has 22 heavy (non-hydrogen) atoms. The van der Waals surface area contributed by atoms with E-state index in [9.17, 15) is 14.7 Å². The Balaban J connectivity index is 2.15. The second kappa shape index (κ2) is 6.81. The molecule has 0 aliphatic carbocycles. The van der Waals surface area contributed by atoms with Gasteiger partial charge in [0.1, 0.15) is 5.75 Å². The van der Waals surface area contributed by atoms with E-state index in [1.165, 1.54) is 0 Å². The minimum absolute atomic E-state index is 0.0395. The molecule has 0 saturated carbocycles. The van der Waals surface area contributed by atoms with E-state index in [2.05, 4.69) is 0 Å². The van der Waals surface area contributed by atoms with Gasteiger partial charge in [-0.1, -0.05) is 17.7 Å². The number of nitrogens with zero attached hydrogens (tertiary/aromatic N) is 1. The molecule has 1 saturated heterocycles. The highest BCUT2D eigenvalue weighted by molar-refractivity contribution is 5.81. The van der Waals surface area contributed by atoms with Gasteiger partial charge in [-0.25, -0.2) is 0 Å². The standard InChI is InChI=1S/C17H23NO4/c1-11-6-7-15(22-3)13(9-11)10-16(19)18-8-4-5-14(12(18)2)17(20)21/h6-7,9,12,14H,4-5,8,10H2,1-3H3,(H,20,21)/t12-,14-/m0/s1. The Bertz CT molecular complexity index is 570. The molecule has 0 radical (unpaired) electrons. The number of hydrogen-bond donors (Lipinski definition) is 1. The summed E-state index contributed by atoms with van der Waals surface area (Å²) in [6.07, 6.45) is 1.60. The highest BCUT2D eigenvalue weighted by Gasteiger charge is 2.35. The molecule has 2 atom stereocenters. The first kappa shape index (κ1) is 16.3. The van der Waals surface area contributed by atoms with E-state index in [0.717, 1.165) is 17.5 Å². The van der Waals surface area contributed by atoms with Crippen LogP contribution in [0.5, 0.6) is 5.75 Å². The third kappa shape index (κ3) is 3.40. The van der Waals surface area contributed by atoms with Crippen LogP contribution in [0.25, 0.3) is 0 Å². The minimum Gasteiger partial charge on any atom is -0.496 e. The van der Waals surface area contributed by atoms with E-state index in [4.69, 9.17) is 4.74 Å². The Morgan fingerprint density at radius 3 is 2.77 bits per heavy atom. The molecule has 1 aliphatic rings. The quantitative estimate of drug-likeness (QED) is 0.926. The fourth-order valence-electron chi connectivity index (χ4n) is 3.14. The zero-order valence-corrected chi connectivity index (χ0v) is 13.3. The van der Waals surface area contributed by atoms with Gasteiger partial charge in [-0.3, -0.25) is 9.59 Å². The van der Waals surface area contributed by atoms with Crippen molar-refractivity contribution in [3.8, 4) is 5.75 Å². The maximum absolute atomic E-state index is 12.6. The average molecular weight is 305 g/mol. The number of carbonyl (C=O) groups is 2. The van der Waals surface area contributed by atoms with E-state index in [-0.39, 0.29) is 18.4 Å². The molecule has 120 valence electrons. The molecule has 1 aromatic carbocycles. The molecule has 0 aromatic heterocycles. The molecular weight excluding hydrogens is 282 g/mol. The molecule has 1 heterocycles. The molecule has 5 nitrogen and oxygen atoms in total. The molecule has 1 fully saturated rings. The van der Waals surface area contributed by atoms with E-state index in [1.54, 1.807) is 12.0 Å². The summed E-state index contributed by atoms with van der Waals surface area (Å²) in [6.45, 7) is 4.42. The van der Waals surface area contributed by atoms with Crippen molar-refractivity contribution in [2.24, 2.45) is 5.92 Å². The van der Waals surface area contributed by atoms with Crippen LogP contribution in [-0.4, -0.2) is 41.6 Å². The number of hydrogen-bond acceptors (Lipinski definition) is 3. The van der Waals surface area contributed by atoms with Gasteiger partial charge >= 0.3 is 5.97 Å².